The average Bonchev–Trinajstić information content (AvgIpc) is 3.47. The van der Waals surface area contributed by atoms with Crippen LogP contribution in [0.25, 0.3) is 44.7 Å². The highest BCUT2D eigenvalue weighted by Crippen LogP contribution is 2.40. The van der Waals surface area contributed by atoms with Crippen LogP contribution in [0.1, 0.15) is 34.9 Å². The SMILES string of the molecule is [2H]C([2H])([2H])c1nnc(-c2c(C#N)ccc3c2oc2c(-c4cc(C([2H])([2H])[2H])c(C([2H])([2H])[2H])cn4)cccc23)o1. The fourth-order valence-corrected chi connectivity index (χ4v) is 3.30. The van der Waals surface area contributed by atoms with Gasteiger partial charge in [-0.3, -0.25) is 4.98 Å². The molecule has 0 unspecified atom stereocenters. The Bertz CT molecular complexity index is 1760. The van der Waals surface area contributed by atoms with E-state index in [9.17, 15) is 5.26 Å². The lowest BCUT2D eigenvalue weighted by Gasteiger charge is -2.05. The average molecular weight is 389 g/mol. The van der Waals surface area contributed by atoms with Gasteiger partial charge < -0.3 is 8.83 Å². The van der Waals surface area contributed by atoms with Gasteiger partial charge in [0.2, 0.25) is 5.89 Å². The van der Waals surface area contributed by atoms with Gasteiger partial charge in [-0.05, 0) is 49.1 Å². The summed E-state index contributed by atoms with van der Waals surface area (Å²) in [5, 5.41) is 18.2. The fraction of sp³-hybridized carbons (Fsp3) is 0.130. The lowest BCUT2D eigenvalue weighted by molar-refractivity contribution is 0.532. The van der Waals surface area contributed by atoms with Crippen LogP contribution in [0.4, 0.5) is 0 Å². The summed E-state index contributed by atoms with van der Waals surface area (Å²) in [5.41, 5.74) is 0.458. The first-order chi connectivity index (χ1) is 17.7. The zero-order valence-corrected chi connectivity index (χ0v) is 14.6. The van der Waals surface area contributed by atoms with Crippen LogP contribution in [-0.4, -0.2) is 15.2 Å². The number of hydrogen-bond acceptors (Lipinski definition) is 6. The van der Waals surface area contributed by atoms with Crippen LogP contribution in [0.15, 0.2) is 51.4 Å². The molecule has 0 saturated carbocycles. The zero-order chi connectivity index (χ0) is 27.6. The van der Waals surface area contributed by atoms with E-state index in [1.165, 1.54) is 12.1 Å². The minimum atomic E-state index is -2.71. The number of benzene rings is 2. The second kappa shape index (κ2) is 6.28. The largest absolute Gasteiger partial charge is 0.454 e. The molecule has 5 aromatic rings. The van der Waals surface area contributed by atoms with Crippen molar-refractivity contribution in [2.45, 2.75) is 20.6 Å². The summed E-state index contributed by atoms with van der Waals surface area (Å²) < 4.78 is 80.7. The van der Waals surface area contributed by atoms with E-state index < -0.39 is 26.4 Å². The molecule has 2 aromatic carbocycles. The molecular formula is C23H16N4O2. The predicted octanol–water partition coefficient (Wildman–Crippen LogP) is 5.49. The lowest BCUT2D eigenvalue weighted by atomic mass is 10.0. The highest BCUT2D eigenvalue weighted by atomic mass is 16.4. The summed E-state index contributed by atoms with van der Waals surface area (Å²) in [6.45, 7) is -8.04. The molecule has 0 radical (unpaired) electrons. The van der Waals surface area contributed by atoms with Gasteiger partial charge in [-0.25, -0.2) is 0 Å². The number of aromatic nitrogens is 3. The van der Waals surface area contributed by atoms with E-state index in [0.717, 1.165) is 6.20 Å². The molecule has 0 fully saturated rings. The van der Waals surface area contributed by atoms with Crippen molar-refractivity contribution in [2.24, 2.45) is 0 Å². The Kier molecular flexibility index (Phi) is 2.16. The second-order valence-corrected chi connectivity index (χ2v) is 6.29. The van der Waals surface area contributed by atoms with Crippen molar-refractivity contribution >= 4 is 21.9 Å². The van der Waals surface area contributed by atoms with E-state index in [1.807, 2.05) is 6.07 Å². The molecule has 0 aliphatic heterocycles. The number of nitriles is 1. The van der Waals surface area contributed by atoms with Crippen molar-refractivity contribution in [3.05, 3.63) is 65.2 Å². The molecule has 0 atom stereocenters. The van der Waals surface area contributed by atoms with Crippen molar-refractivity contribution in [1.82, 2.24) is 15.2 Å². The molecular weight excluding hydrogens is 364 g/mol. The first-order valence-corrected chi connectivity index (χ1v) is 8.44. The maximum Gasteiger partial charge on any atom is 0.252 e. The van der Waals surface area contributed by atoms with Gasteiger partial charge in [-0.15, -0.1) is 10.2 Å². The molecule has 5 rings (SSSR count). The van der Waals surface area contributed by atoms with Gasteiger partial charge >= 0.3 is 0 Å². The number of fused-ring (bicyclic) bond motifs is 3. The van der Waals surface area contributed by atoms with E-state index >= 15 is 0 Å². The van der Waals surface area contributed by atoms with Crippen LogP contribution in [0.5, 0.6) is 0 Å². The molecule has 0 spiro atoms. The van der Waals surface area contributed by atoms with E-state index in [0.29, 0.717) is 16.3 Å². The summed E-state index contributed by atoms with van der Waals surface area (Å²) in [6.07, 6.45) is 1.03. The smallest absolute Gasteiger partial charge is 0.252 e. The van der Waals surface area contributed by atoms with E-state index in [-0.39, 0.29) is 45.0 Å². The van der Waals surface area contributed by atoms with Gasteiger partial charge in [-0.2, -0.15) is 5.26 Å². The molecule has 0 aliphatic rings. The third-order valence-electron chi connectivity index (χ3n) is 4.61. The third kappa shape index (κ3) is 2.59. The second-order valence-electron chi connectivity index (χ2n) is 6.29. The van der Waals surface area contributed by atoms with E-state index in [4.69, 9.17) is 21.2 Å². The predicted molar refractivity (Wildman–Crippen MR) is 109 cm³/mol. The van der Waals surface area contributed by atoms with Gasteiger partial charge in [0.05, 0.1) is 16.8 Å². The number of para-hydroxylation sites is 1. The van der Waals surface area contributed by atoms with Crippen LogP contribution < -0.4 is 0 Å². The minimum Gasteiger partial charge on any atom is -0.454 e. The standard InChI is InChI=1S/C23H16N4O2/c1-12-9-19(25-11-13(12)2)18-6-4-5-16-17-8-7-15(10-24)20(22(17)29-21(16)18)23-27-26-14(3)28-23/h4-9,11H,1-3H3/i1D3,2D3,3D3. The van der Waals surface area contributed by atoms with Crippen molar-refractivity contribution in [1.29, 1.82) is 5.26 Å². The summed E-state index contributed by atoms with van der Waals surface area (Å²) in [5.74, 6) is -0.815. The van der Waals surface area contributed by atoms with Gasteiger partial charge in [-0.1, -0.05) is 12.1 Å². The maximum atomic E-state index is 9.71. The molecule has 29 heavy (non-hydrogen) atoms. The third-order valence-corrected chi connectivity index (χ3v) is 4.61. The normalized spacial score (nSPS) is 17.1. The number of pyridine rings is 1. The molecule has 0 saturated heterocycles. The highest BCUT2D eigenvalue weighted by molar-refractivity contribution is 6.13. The van der Waals surface area contributed by atoms with E-state index in [1.54, 1.807) is 24.3 Å². The Morgan fingerprint density at radius 1 is 0.966 bits per heavy atom. The molecule has 6 heteroatoms. The number of nitrogens with zero attached hydrogens (tertiary/aromatic N) is 4. The van der Waals surface area contributed by atoms with Crippen molar-refractivity contribution in [3.63, 3.8) is 0 Å². The van der Waals surface area contributed by atoms with Gasteiger partial charge in [0, 0.05) is 41.7 Å². The van der Waals surface area contributed by atoms with Crippen LogP contribution >= 0.6 is 0 Å². The summed E-state index contributed by atoms with van der Waals surface area (Å²) >= 11 is 0. The Hall–Kier alpha value is -3.98. The molecule has 0 N–H and O–H groups in total. The fourth-order valence-electron chi connectivity index (χ4n) is 3.30. The van der Waals surface area contributed by atoms with Crippen molar-refractivity contribution in [2.75, 3.05) is 0 Å². The van der Waals surface area contributed by atoms with Crippen LogP contribution in [-0.2, 0) is 0 Å². The van der Waals surface area contributed by atoms with Crippen molar-refractivity contribution in [3.8, 4) is 28.8 Å². The zero-order valence-electron chi connectivity index (χ0n) is 23.6. The first-order valence-electron chi connectivity index (χ1n) is 12.9. The van der Waals surface area contributed by atoms with Crippen LogP contribution in [0, 0.1) is 31.9 Å². The van der Waals surface area contributed by atoms with Gasteiger partial charge in [0.15, 0.2) is 0 Å². The van der Waals surface area contributed by atoms with E-state index in [2.05, 4.69) is 15.2 Å². The number of aryl methyl sites for hydroxylation is 3. The molecule has 6 nitrogen and oxygen atoms in total. The van der Waals surface area contributed by atoms with Crippen LogP contribution in [0.3, 0.4) is 0 Å². The lowest BCUT2D eigenvalue weighted by Crippen LogP contribution is -1.88. The Balaban J connectivity index is 1.78. The van der Waals surface area contributed by atoms with Crippen molar-refractivity contribution < 1.29 is 21.2 Å². The number of hydrogen-bond donors (Lipinski definition) is 0. The molecule has 0 aliphatic carbocycles. The molecule has 3 aromatic heterocycles. The Morgan fingerprint density at radius 2 is 1.86 bits per heavy atom. The number of furan rings is 1. The molecule has 3 heterocycles. The summed E-state index contributed by atoms with van der Waals surface area (Å²) in [4.78, 5) is 4.23. The highest BCUT2D eigenvalue weighted by Gasteiger charge is 2.22. The molecule has 0 bridgehead atoms. The Morgan fingerprint density at radius 3 is 2.66 bits per heavy atom. The monoisotopic (exact) mass is 389 g/mol. The van der Waals surface area contributed by atoms with Gasteiger partial charge in [0.25, 0.3) is 5.89 Å². The minimum absolute atomic E-state index is 0.101. The number of rotatable bonds is 2. The Labute approximate surface area is 179 Å². The van der Waals surface area contributed by atoms with Gasteiger partial charge in [0.1, 0.15) is 17.2 Å². The topological polar surface area (TPSA) is 88.7 Å². The van der Waals surface area contributed by atoms with Crippen LogP contribution in [0.2, 0.25) is 0 Å². The quantitative estimate of drug-likeness (QED) is 0.396. The summed E-state index contributed by atoms with van der Waals surface area (Å²) in [7, 11) is 0. The summed E-state index contributed by atoms with van der Waals surface area (Å²) in [6, 6.07) is 11.4. The molecule has 0 amide bonds. The first kappa shape index (κ1) is 9.99. The maximum absolute atomic E-state index is 9.71. The molecule has 140 valence electrons.